The molecule has 28 heavy (non-hydrogen) atoms. The molecule has 3 heterocycles. The predicted molar refractivity (Wildman–Crippen MR) is 111 cm³/mol. The number of nitrogens with zero attached hydrogens (tertiary/aromatic N) is 2. The normalized spacial score (nSPS) is 17.8. The van der Waals surface area contributed by atoms with Crippen LogP contribution in [0.3, 0.4) is 0 Å². The summed E-state index contributed by atoms with van der Waals surface area (Å²) in [6.07, 6.45) is 1.14. The standard InChI is InChI=1S/C18H19N3O4S3/c1-2-25-13-7-3-8-14-16(13)19-18(27-14)20-17(22)12-6-4-10-21(12)28(23,24)15-9-5-11-26-15/h3,5,7-9,11-12H,2,4,6,10H2,1H3,(H,19,20,22). The number of anilines is 1. The van der Waals surface area contributed by atoms with Crippen LogP contribution in [0.25, 0.3) is 10.2 Å². The van der Waals surface area contributed by atoms with Crippen molar-refractivity contribution in [3.63, 3.8) is 0 Å². The second kappa shape index (κ2) is 7.78. The molecule has 0 radical (unpaired) electrons. The van der Waals surface area contributed by atoms with Crippen LogP contribution in [0.15, 0.2) is 39.9 Å². The van der Waals surface area contributed by atoms with Gasteiger partial charge in [0.1, 0.15) is 21.5 Å². The van der Waals surface area contributed by atoms with Crippen molar-refractivity contribution in [1.82, 2.24) is 9.29 Å². The van der Waals surface area contributed by atoms with Gasteiger partial charge in [0.25, 0.3) is 10.0 Å². The van der Waals surface area contributed by atoms with E-state index in [-0.39, 0.29) is 10.1 Å². The number of rotatable bonds is 6. The molecule has 1 atom stereocenters. The Kier molecular flexibility index (Phi) is 5.37. The zero-order valence-corrected chi connectivity index (χ0v) is 17.6. The van der Waals surface area contributed by atoms with Crippen LogP contribution in [0.5, 0.6) is 5.75 Å². The Morgan fingerprint density at radius 1 is 1.36 bits per heavy atom. The number of para-hydroxylation sites is 1. The highest BCUT2D eigenvalue weighted by molar-refractivity contribution is 7.91. The fraction of sp³-hybridized carbons (Fsp3) is 0.333. The smallest absolute Gasteiger partial charge is 0.253 e. The number of nitrogens with one attached hydrogen (secondary N) is 1. The van der Waals surface area contributed by atoms with E-state index in [1.165, 1.54) is 15.6 Å². The average Bonchev–Trinajstić information content (AvgIpc) is 3.41. The van der Waals surface area contributed by atoms with Crippen molar-refractivity contribution in [1.29, 1.82) is 0 Å². The highest BCUT2D eigenvalue weighted by atomic mass is 32.2. The predicted octanol–water partition coefficient (Wildman–Crippen LogP) is 3.55. The highest BCUT2D eigenvalue weighted by Crippen LogP contribution is 2.33. The maximum atomic E-state index is 12.9. The lowest BCUT2D eigenvalue weighted by Crippen LogP contribution is -2.42. The summed E-state index contributed by atoms with van der Waals surface area (Å²) >= 11 is 2.50. The first-order chi connectivity index (χ1) is 13.5. The average molecular weight is 438 g/mol. The van der Waals surface area contributed by atoms with Gasteiger partial charge in [-0.15, -0.1) is 11.3 Å². The summed E-state index contributed by atoms with van der Waals surface area (Å²) in [6.45, 7) is 2.76. The van der Waals surface area contributed by atoms with Crippen molar-refractivity contribution in [2.75, 3.05) is 18.5 Å². The third-order valence-electron chi connectivity index (χ3n) is 4.48. The number of fused-ring (bicyclic) bond motifs is 1. The number of ether oxygens (including phenoxy) is 1. The molecule has 1 aromatic carbocycles. The Balaban J connectivity index is 1.56. The van der Waals surface area contributed by atoms with Crippen molar-refractivity contribution in [3.8, 4) is 5.75 Å². The molecule has 1 N–H and O–H groups in total. The molecule has 1 saturated heterocycles. The second-order valence-electron chi connectivity index (χ2n) is 6.25. The molecule has 0 saturated carbocycles. The number of sulfonamides is 1. The molecule has 0 aliphatic carbocycles. The number of benzene rings is 1. The van der Waals surface area contributed by atoms with Gasteiger partial charge in [0.2, 0.25) is 5.91 Å². The SMILES string of the molecule is CCOc1cccc2sc(NC(=O)C3CCCN3S(=O)(=O)c3cccs3)nc12. The molecule has 4 rings (SSSR count). The second-order valence-corrected chi connectivity index (χ2v) is 10.3. The minimum absolute atomic E-state index is 0.258. The number of amides is 1. The molecular formula is C18H19N3O4S3. The van der Waals surface area contributed by atoms with Crippen LogP contribution in [-0.4, -0.2) is 42.8 Å². The van der Waals surface area contributed by atoms with Gasteiger partial charge in [-0.05, 0) is 43.3 Å². The maximum Gasteiger partial charge on any atom is 0.253 e. The Hall–Kier alpha value is -2.01. The van der Waals surface area contributed by atoms with Gasteiger partial charge in [0.15, 0.2) is 5.13 Å². The van der Waals surface area contributed by atoms with Crippen LogP contribution in [0, 0.1) is 0 Å². The lowest BCUT2D eigenvalue weighted by atomic mass is 10.2. The Bertz CT molecular complexity index is 1090. The third-order valence-corrected chi connectivity index (χ3v) is 8.69. The Labute approximate surface area is 171 Å². The van der Waals surface area contributed by atoms with Crippen LogP contribution < -0.4 is 10.1 Å². The molecule has 0 spiro atoms. The highest BCUT2D eigenvalue weighted by Gasteiger charge is 2.40. The summed E-state index contributed by atoms with van der Waals surface area (Å²) in [5.74, 6) is 0.314. The van der Waals surface area contributed by atoms with Crippen molar-refractivity contribution in [2.45, 2.75) is 30.0 Å². The van der Waals surface area contributed by atoms with E-state index >= 15 is 0 Å². The summed E-state index contributed by atoms with van der Waals surface area (Å²) in [6, 6.07) is 8.15. The number of thiazole rings is 1. The van der Waals surface area contributed by atoms with E-state index in [2.05, 4.69) is 10.3 Å². The third kappa shape index (κ3) is 3.52. The number of hydrogen-bond acceptors (Lipinski definition) is 7. The molecule has 1 aliphatic rings. The van der Waals surface area contributed by atoms with Crippen LogP contribution in [-0.2, 0) is 14.8 Å². The molecule has 1 unspecified atom stereocenters. The van der Waals surface area contributed by atoms with E-state index in [4.69, 9.17) is 4.74 Å². The summed E-state index contributed by atoms with van der Waals surface area (Å²) in [4.78, 5) is 17.3. The van der Waals surface area contributed by atoms with Gasteiger partial charge in [-0.25, -0.2) is 13.4 Å². The van der Waals surface area contributed by atoms with Crippen molar-refractivity contribution < 1.29 is 17.9 Å². The van der Waals surface area contributed by atoms with Gasteiger partial charge in [0, 0.05) is 6.54 Å². The van der Waals surface area contributed by atoms with Crippen LogP contribution >= 0.6 is 22.7 Å². The Morgan fingerprint density at radius 3 is 2.96 bits per heavy atom. The molecule has 1 amide bonds. The van der Waals surface area contributed by atoms with Crippen molar-refractivity contribution >= 4 is 54.0 Å². The maximum absolute atomic E-state index is 12.9. The summed E-state index contributed by atoms with van der Waals surface area (Å²) in [5.41, 5.74) is 0.694. The lowest BCUT2D eigenvalue weighted by molar-refractivity contribution is -0.119. The number of aromatic nitrogens is 1. The molecular weight excluding hydrogens is 418 g/mol. The molecule has 10 heteroatoms. The van der Waals surface area contributed by atoms with Gasteiger partial charge in [0.05, 0.1) is 11.3 Å². The first-order valence-corrected chi connectivity index (χ1v) is 12.0. The van der Waals surface area contributed by atoms with Gasteiger partial charge in [-0.3, -0.25) is 4.79 Å². The minimum atomic E-state index is -3.67. The summed E-state index contributed by atoms with van der Waals surface area (Å²) in [5, 5.41) is 4.96. The van der Waals surface area contributed by atoms with E-state index in [9.17, 15) is 13.2 Å². The summed E-state index contributed by atoms with van der Waals surface area (Å²) < 4.78 is 33.7. The summed E-state index contributed by atoms with van der Waals surface area (Å²) in [7, 11) is -3.67. The fourth-order valence-corrected chi connectivity index (χ4v) is 6.92. The quantitative estimate of drug-likeness (QED) is 0.637. The number of hydrogen-bond donors (Lipinski definition) is 1. The zero-order chi connectivity index (χ0) is 19.7. The molecule has 1 aliphatic heterocycles. The monoisotopic (exact) mass is 437 g/mol. The lowest BCUT2D eigenvalue weighted by Gasteiger charge is -2.22. The van der Waals surface area contributed by atoms with E-state index < -0.39 is 16.1 Å². The van der Waals surface area contributed by atoms with E-state index in [0.717, 1.165) is 16.0 Å². The molecule has 7 nitrogen and oxygen atoms in total. The fourth-order valence-electron chi connectivity index (χ4n) is 3.25. The van der Waals surface area contributed by atoms with E-state index in [1.807, 2.05) is 25.1 Å². The number of thiophene rings is 1. The molecule has 0 bridgehead atoms. The topological polar surface area (TPSA) is 88.6 Å². The Morgan fingerprint density at radius 2 is 2.21 bits per heavy atom. The molecule has 1 fully saturated rings. The largest absolute Gasteiger partial charge is 0.492 e. The number of carbonyl (C=O) groups excluding carboxylic acids is 1. The first kappa shape index (κ1) is 19.3. The zero-order valence-electron chi connectivity index (χ0n) is 15.1. The minimum Gasteiger partial charge on any atom is -0.492 e. The number of carbonyl (C=O) groups is 1. The van der Waals surface area contributed by atoms with Crippen molar-refractivity contribution in [2.24, 2.45) is 0 Å². The van der Waals surface area contributed by atoms with E-state index in [0.29, 0.717) is 42.4 Å². The van der Waals surface area contributed by atoms with Crippen LogP contribution in [0.2, 0.25) is 0 Å². The van der Waals surface area contributed by atoms with Gasteiger partial charge in [-0.1, -0.05) is 23.5 Å². The van der Waals surface area contributed by atoms with Crippen molar-refractivity contribution in [3.05, 3.63) is 35.7 Å². The van der Waals surface area contributed by atoms with Gasteiger partial charge >= 0.3 is 0 Å². The van der Waals surface area contributed by atoms with Crippen LogP contribution in [0.1, 0.15) is 19.8 Å². The molecule has 148 valence electrons. The van der Waals surface area contributed by atoms with Gasteiger partial charge in [-0.2, -0.15) is 4.31 Å². The molecule has 2 aromatic heterocycles. The molecule has 3 aromatic rings. The van der Waals surface area contributed by atoms with Gasteiger partial charge < -0.3 is 10.1 Å². The van der Waals surface area contributed by atoms with Crippen LogP contribution in [0.4, 0.5) is 5.13 Å². The first-order valence-electron chi connectivity index (χ1n) is 8.89. The van der Waals surface area contributed by atoms with E-state index in [1.54, 1.807) is 17.5 Å².